The SMILES string of the molecule is COc1cc(C=C(C#N)C(=O)NCCCCCC(=O)NC(C(=O)N2CC(O)CC2C(=O)NCc2ccc(-c3scnc3C)cc2)C(C)(C)C)ccc1OCc1ccc(C(F)(F)F)cc1C(F)(F)F. The predicted octanol–water partition coefficient (Wildman–Crippen LogP) is 8.14. The third-order valence-corrected chi connectivity index (χ3v) is 12.0. The lowest BCUT2D eigenvalue weighted by Gasteiger charge is -2.35. The van der Waals surface area contributed by atoms with Gasteiger partial charge in [-0.1, -0.05) is 63.6 Å². The summed E-state index contributed by atoms with van der Waals surface area (Å²) < 4.78 is 90.9. The van der Waals surface area contributed by atoms with E-state index < -0.39 is 82.9 Å². The van der Waals surface area contributed by atoms with Gasteiger partial charge in [0.05, 0.1) is 40.4 Å². The van der Waals surface area contributed by atoms with Gasteiger partial charge in [0.1, 0.15) is 30.3 Å². The number of aliphatic hydroxyl groups is 1. The lowest BCUT2D eigenvalue weighted by atomic mass is 9.85. The Labute approximate surface area is 393 Å². The van der Waals surface area contributed by atoms with Crippen LogP contribution < -0.4 is 25.4 Å². The van der Waals surface area contributed by atoms with Crippen LogP contribution in [0.25, 0.3) is 16.5 Å². The molecule has 4 aromatic rings. The second-order valence-corrected chi connectivity index (χ2v) is 18.1. The number of aliphatic hydroxyl groups excluding tert-OH is 1. The minimum Gasteiger partial charge on any atom is -0.493 e. The van der Waals surface area contributed by atoms with Crippen molar-refractivity contribution in [1.82, 2.24) is 25.8 Å². The highest BCUT2D eigenvalue weighted by Crippen LogP contribution is 2.39. The van der Waals surface area contributed by atoms with Crippen LogP contribution >= 0.6 is 11.3 Å². The number of nitrogens with one attached hydrogen (secondary N) is 3. The molecule has 3 unspecified atom stereocenters. The Kier molecular flexibility index (Phi) is 17.4. The number of nitrogens with zero attached hydrogens (tertiary/aromatic N) is 3. The van der Waals surface area contributed by atoms with Crippen molar-refractivity contribution in [3.8, 4) is 28.0 Å². The monoisotopic (exact) mass is 970 g/mol. The Bertz CT molecular complexity index is 2510. The fourth-order valence-corrected chi connectivity index (χ4v) is 8.22. The maximum atomic E-state index is 14.0. The summed E-state index contributed by atoms with van der Waals surface area (Å²) in [5, 5.41) is 28.6. The molecule has 1 fully saturated rings. The highest BCUT2D eigenvalue weighted by Gasteiger charge is 2.44. The fraction of sp³-hybridized carbons (Fsp3) is 0.417. The third-order valence-electron chi connectivity index (χ3n) is 11.1. The molecule has 4 amide bonds. The standard InChI is InChI=1S/C48H52F6N6O7S/c1-28-41(68-27-58-28)31-13-10-29(11-14-31)24-57-44(64)37-22-35(61)25-60(37)45(65)42(46(2,3)4)59-40(62)9-7-6-8-18-56-43(63)33(23-55)19-30-12-17-38(39(20-30)66-5)67-26-32-15-16-34(47(49,50)51)21-36(32)48(52,53)54/h10-17,19-21,27,35,37,42,61H,6-9,18,22,24-26H2,1-5H3,(H,56,63)(H,57,64)(H,59,62). The second-order valence-electron chi connectivity index (χ2n) is 17.2. The van der Waals surface area contributed by atoms with E-state index in [9.17, 15) is 55.9 Å². The minimum absolute atomic E-state index is 0.0117. The summed E-state index contributed by atoms with van der Waals surface area (Å²) in [5.74, 6) is -2.04. The van der Waals surface area contributed by atoms with Gasteiger partial charge in [-0.2, -0.15) is 31.6 Å². The Morgan fingerprint density at radius 1 is 0.956 bits per heavy atom. The van der Waals surface area contributed by atoms with Gasteiger partial charge >= 0.3 is 12.4 Å². The first-order valence-corrected chi connectivity index (χ1v) is 22.4. The average Bonchev–Trinajstić information content (AvgIpc) is 3.90. The molecule has 3 atom stereocenters. The van der Waals surface area contributed by atoms with Gasteiger partial charge in [0, 0.05) is 38.0 Å². The quantitative estimate of drug-likeness (QED) is 0.0331. The van der Waals surface area contributed by atoms with Crippen molar-refractivity contribution in [1.29, 1.82) is 5.26 Å². The number of amides is 4. The zero-order valence-corrected chi connectivity index (χ0v) is 38.8. The first-order chi connectivity index (χ1) is 32.0. The van der Waals surface area contributed by atoms with Crippen LogP contribution in [0.15, 0.2) is 71.7 Å². The number of nitriles is 1. The highest BCUT2D eigenvalue weighted by atomic mass is 32.1. The molecular formula is C48H52F6N6O7S. The molecular weight excluding hydrogens is 919 g/mol. The van der Waals surface area contributed by atoms with Gasteiger partial charge in [-0.3, -0.25) is 19.2 Å². The van der Waals surface area contributed by atoms with E-state index in [-0.39, 0.29) is 55.6 Å². The van der Waals surface area contributed by atoms with Crippen molar-refractivity contribution in [2.45, 2.75) is 103 Å². The molecule has 20 heteroatoms. The summed E-state index contributed by atoms with van der Waals surface area (Å²) in [7, 11) is 1.24. The number of aromatic nitrogens is 1. The van der Waals surface area contributed by atoms with Gasteiger partial charge in [0.2, 0.25) is 17.7 Å². The summed E-state index contributed by atoms with van der Waals surface area (Å²) in [5.41, 5.74) is 0.331. The van der Waals surface area contributed by atoms with Crippen molar-refractivity contribution in [2.24, 2.45) is 5.41 Å². The van der Waals surface area contributed by atoms with Gasteiger partial charge in [-0.25, -0.2) is 4.98 Å². The number of hydrogen-bond acceptors (Lipinski definition) is 10. The maximum absolute atomic E-state index is 14.0. The number of likely N-dealkylation sites (tertiary alicyclic amines) is 1. The van der Waals surface area contributed by atoms with Crippen LogP contribution in [0.3, 0.4) is 0 Å². The number of ether oxygens (including phenoxy) is 2. The molecule has 0 bridgehead atoms. The number of carbonyl (C=O) groups excluding carboxylic acids is 4. The molecule has 1 aliphatic heterocycles. The molecule has 0 radical (unpaired) electrons. The van der Waals surface area contributed by atoms with E-state index in [0.29, 0.717) is 37.0 Å². The van der Waals surface area contributed by atoms with Gasteiger partial charge in [-0.05, 0) is 72.2 Å². The molecule has 0 spiro atoms. The van der Waals surface area contributed by atoms with E-state index in [1.165, 1.54) is 47.6 Å². The smallest absolute Gasteiger partial charge is 0.416 e. The number of benzene rings is 3. The molecule has 364 valence electrons. The number of β-amino-alcohol motifs (C(OH)–C–C–N with tert-alkyl or cyclic N) is 1. The van der Waals surface area contributed by atoms with Crippen molar-refractivity contribution >= 4 is 41.0 Å². The Morgan fingerprint density at radius 2 is 1.68 bits per heavy atom. The second kappa shape index (κ2) is 22.6. The Balaban J connectivity index is 1.08. The summed E-state index contributed by atoms with van der Waals surface area (Å²) in [6.45, 7) is 6.85. The van der Waals surface area contributed by atoms with Gasteiger partial charge in [0.25, 0.3) is 5.91 Å². The molecule has 4 N–H and O–H groups in total. The Hall–Kier alpha value is -6.46. The molecule has 2 heterocycles. The first kappa shape index (κ1) is 52.5. The van der Waals surface area contributed by atoms with Crippen molar-refractivity contribution in [3.05, 3.63) is 105 Å². The summed E-state index contributed by atoms with van der Waals surface area (Å²) in [6.07, 6.45) is -8.31. The first-order valence-electron chi connectivity index (χ1n) is 21.5. The van der Waals surface area contributed by atoms with Gasteiger partial charge < -0.3 is 35.4 Å². The normalized spacial score (nSPS) is 15.9. The minimum atomic E-state index is -5.09. The van der Waals surface area contributed by atoms with Crippen LogP contribution in [-0.4, -0.2) is 77.0 Å². The van der Waals surface area contributed by atoms with Crippen LogP contribution in [0, 0.1) is 23.7 Å². The Morgan fingerprint density at radius 3 is 2.29 bits per heavy atom. The number of thiazole rings is 1. The summed E-state index contributed by atoms with van der Waals surface area (Å²) in [6, 6.07) is 12.9. The van der Waals surface area contributed by atoms with E-state index in [1.807, 2.05) is 37.3 Å². The highest BCUT2D eigenvalue weighted by molar-refractivity contribution is 7.13. The molecule has 1 saturated heterocycles. The third kappa shape index (κ3) is 14.0. The number of rotatable bonds is 18. The molecule has 3 aromatic carbocycles. The van der Waals surface area contributed by atoms with Crippen molar-refractivity contribution in [3.63, 3.8) is 0 Å². The predicted molar refractivity (Wildman–Crippen MR) is 240 cm³/mol. The zero-order chi connectivity index (χ0) is 50.0. The van der Waals surface area contributed by atoms with E-state index in [2.05, 4.69) is 20.9 Å². The van der Waals surface area contributed by atoms with Crippen LogP contribution in [0.1, 0.15) is 86.4 Å². The molecule has 5 rings (SSSR count). The van der Waals surface area contributed by atoms with E-state index in [1.54, 1.807) is 26.3 Å². The lowest BCUT2D eigenvalue weighted by Crippen LogP contribution is -2.57. The number of halogens is 6. The lowest BCUT2D eigenvalue weighted by molar-refractivity contribution is -0.144. The molecule has 0 aliphatic carbocycles. The summed E-state index contributed by atoms with van der Waals surface area (Å²) in [4.78, 5) is 60.1. The zero-order valence-electron chi connectivity index (χ0n) is 37.9. The number of carbonyl (C=O) groups is 4. The number of methoxy groups -OCH3 is 1. The molecule has 68 heavy (non-hydrogen) atoms. The molecule has 1 aromatic heterocycles. The molecule has 1 aliphatic rings. The van der Waals surface area contributed by atoms with Gasteiger partial charge in [-0.15, -0.1) is 11.3 Å². The fourth-order valence-electron chi connectivity index (χ4n) is 7.40. The van der Waals surface area contributed by atoms with Crippen LogP contribution in [-0.2, 0) is 44.7 Å². The number of hydrogen-bond donors (Lipinski definition) is 4. The van der Waals surface area contributed by atoms with Crippen LogP contribution in [0.5, 0.6) is 11.5 Å². The van der Waals surface area contributed by atoms with Crippen molar-refractivity contribution in [2.75, 3.05) is 20.2 Å². The maximum Gasteiger partial charge on any atom is 0.416 e. The number of alkyl halides is 6. The van der Waals surface area contributed by atoms with E-state index >= 15 is 0 Å². The molecule has 13 nitrogen and oxygen atoms in total. The number of unbranched alkanes of at least 4 members (excludes halogenated alkanes) is 2. The van der Waals surface area contributed by atoms with Crippen molar-refractivity contribution < 1.29 is 60.1 Å². The van der Waals surface area contributed by atoms with Gasteiger partial charge in [0.15, 0.2) is 11.5 Å². The largest absolute Gasteiger partial charge is 0.493 e. The van der Waals surface area contributed by atoms with E-state index in [4.69, 9.17) is 9.47 Å². The topological polar surface area (TPSA) is 183 Å². The number of aryl methyl sites for hydroxylation is 1. The molecule has 0 saturated carbocycles. The van der Waals surface area contributed by atoms with Crippen LogP contribution in [0.2, 0.25) is 0 Å². The summed E-state index contributed by atoms with van der Waals surface area (Å²) >= 11 is 1.54. The van der Waals surface area contributed by atoms with E-state index in [0.717, 1.165) is 21.7 Å². The van der Waals surface area contributed by atoms with Crippen LogP contribution in [0.4, 0.5) is 26.3 Å². The average molecular weight is 971 g/mol.